The molecule has 0 radical (unpaired) electrons. The normalized spacial score (nSPS) is 11.6. The summed E-state index contributed by atoms with van der Waals surface area (Å²) < 4.78 is 6.81. The molecule has 0 aliphatic rings. The van der Waals surface area contributed by atoms with Gasteiger partial charge in [0.15, 0.2) is 0 Å². The molecular weight excluding hydrogens is 230 g/mol. The summed E-state index contributed by atoms with van der Waals surface area (Å²) in [5.74, 6) is 0.740. The third-order valence-electron chi connectivity index (χ3n) is 2.82. The second-order valence-electron chi connectivity index (χ2n) is 5.02. The third-order valence-corrected chi connectivity index (χ3v) is 2.82. The van der Waals surface area contributed by atoms with Crippen LogP contribution in [0.1, 0.15) is 33.0 Å². The Balaban J connectivity index is 2.67. The zero-order valence-corrected chi connectivity index (χ0v) is 11.7. The van der Waals surface area contributed by atoms with Crippen molar-refractivity contribution >= 4 is 5.97 Å². The Bertz CT molecular complexity index is 385. The van der Waals surface area contributed by atoms with Gasteiger partial charge in [0.2, 0.25) is 0 Å². The van der Waals surface area contributed by atoms with Crippen LogP contribution in [0.2, 0.25) is 0 Å². The topological polar surface area (TPSA) is 56.2 Å². The van der Waals surface area contributed by atoms with Crippen LogP contribution in [0, 0.1) is 5.41 Å². The van der Waals surface area contributed by atoms with E-state index in [1.54, 1.807) is 6.20 Å². The van der Waals surface area contributed by atoms with Gasteiger partial charge in [-0.3, -0.25) is 4.79 Å². The lowest BCUT2D eigenvalue weighted by Crippen LogP contribution is -2.31. The number of hydrogen-bond donors (Lipinski definition) is 1. The zero-order valence-electron chi connectivity index (χ0n) is 11.7. The van der Waals surface area contributed by atoms with Gasteiger partial charge in [-0.15, -0.1) is 0 Å². The minimum Gasteiger partial charge on any atom is -0.469 e. The Labute approximate surface area is 109 Å². The molecule has 0 bridgehead atoms. The fourth-order valence-corrected chi connectivity index (χ4v) is 1.79. The quantitative estimate of drug-likeness (QED) is 0.592. The summed E-state index contributed by atoms with van der Waals surface area (Å²) >= 11 is 0. The molecule has 5 heteroatoms. The van der Waals surface area contributed by atoms with Crippen molar-refractivity contribution in [2.24, 2.45) is 5.41 Å². The lowest BCUT2D eigenvalue weighted by molar-refractivity contribution is -0.151. The summed E-state index contributed by atoms with van der Waals surface area (Å²) in [6, 6.07) is 0. The molecule has 1 N–H and O–H groups in total. The van der Waals surface area contributed by atoms with Gasteiger partial charge in [-0.1, -0.05) is 6.92 Å². The SMILES string of the molecule is CCCNCc1nccn1CC(C)(C)C(=O)OC. The molecule has 0 amide bonds. The summed E-state index contributed by atoms with van der Waals surface area (Å²) in [5, 5.41) is 3.31. The van der Waals surface area contributed by atoms with Gasteiger partial charge in [0.1, 0.15) is 5.82 Å². The summed E-state index contributed by atoms with van der Waals surface area (Å²) in [5.41, 5.74) is -0.547. The van der Waals surface area contributed by atoms with Gasteiger partial charge in [0, 0.05) is 18.9 Å². The molecule has 0 aliphatic carbocycles. The Morgan fingerprint density at radius 3 is 2.89 bits per heavy atom. The van der Waals surface area contributed by atoms with E-state index < -0.39 is 5.41 Å². The molecule has 1 heterocycles. The molecule has 0 aliphatic heterocycles. The van der Waals surface area contributed by atoms with Crippen molar-refractivity contribution in [2.75, 3.05) is 13.7 Å². The van der Waals surface area contributed by atoms with Crippen LogP contribution >= 0.6 is 0 Å². The number of nitrogens with zero attached hydrogens (tertiary/aromatic N) is 2. The molecule has 0 aromatic carbocycles. The predicted molar refractivity (Wildman–Crippen MR) is 70.0 cm³/mol. The van der Waals surface area contributed by atoms with Crippen molar-refractivity contribution in [1.29, 1.82) is 0 Å². The van der Waals surface area contributed by atoms with E-state index in [1.165, 1.54) is 7.11 Å². The Hall–Kier alpha value is -1.36. The Morgan fingerprint density at radius 1 is 1.56 bits per heavy atom. The first-order chi connectivity index (χ1) is 8.51. The fourth-order valence-electron chi connectivity index (χ4n) is 1.79. The van der Waals surface area contributed by atoms with Crippen LogP contribution in [-0.4, -0.2) is 29.2 Å². The minimum atomic E-state index is -0.547. The Kier molecular flexibility index (Phi) is 5.34. The summed E-state index contributed by atoms with van der Waals surface area (Å²) in [6.07, 6.45) is 4.75. The summed E-state index contributed by atoms with van der Waals surface area (Å²) in [4.78, 5) is 16.0. The average molecular weight is 253 g/mol. The van der Waals surface area contributed by atoms with Crippen LogP contribution in [0.25, 0.3) is 0 Å². The zero-order chi connectivity index (χ0) is 13.6. The van der Waals surface area contributed by atoms with Crippen LogP contribution < -0.4 is 5.32 Å². The molecule has 1 aromatic heterocycles. The molecule has 0 spiro atoms. The molecular formula is C13H23N3O2. The van der Waals surface area contributed by atoms with Crippen molar-refractivity contribution in [3.05, 3.63) is 18.2 Å². The minimum absolute atomic E-state index is 0.205. The number of ether oxygens (including phenoxy) is 1. The number of carbonyl (C=O) groups excluding carboxylic acids is 1. The number of nitrogens with one attached hydrogen (secondary N) is 1. The van der Waals surface area contributed by atoms with E-state index in [2.05, 4.69) is 17.2 Å². The highest BCUT2D eigenvalue weighted by molar-refractivity contribution is 5.75. The number of aromatic nitrogens is 2. The van der Waals surface area contributed by atoms with E-state index in [0.29, 0.717) is 6.54 Å². The van der Waals surface area contributed by atoms with E-state index in [1.807, 2.05) is 24.6 Å². The lowest BCUT2D eigenvalue weighted by atomic mass is 9.93. The maximum absolute atomic E-state index is 11.7. The largest absolute Gasteiger partial charge is 0.469 e. The molecule has 18 heavy (non-hydrogen) atoms. The van der Waals surface area contributed by atoms with Crippen LogP contribution in [-0.2, 0) is 22.6 Å². The van der Waals surface area contributed by atoms with Gasteiger partial charge in [-0.25, -0.2) is 4.98 Å². The van der Waals surface area contributed by atoms with Crippen LogP contribution in [0.3, 0.4) is 0 Å². The highest BCUT2D eigenvalue weighted by atomic mass is 16.5. The van der Waals surface area contributed by atoms with E-state index in [4.69, 9.17) is 4.74 Å². The maximum Gasteiger partial charge on any atom is 0.313 e. The van der Waals surface area contributed by atoms with Crippen LogP contribution in [0.15, 0.2) is 12.4 Å². The summed E-state index contributed by atoms with van der Waals surface area (Å²) in [7, 11) is 1.42. The monoisotopic (exact) mass is 253 g/mol. The lowest BCUT2D eigenvalue weighted by Gasteiger charge is -2.23. The molecule has 0 saturated carbocycles. The standard InChI is InChI=1S/C13H23N3O2/c1-5-6-14-9-11-15-7-8-16(11)10-13(2,3)12(17)18-4/h7-8,14H,5-6,9-10H2,1-4H3. The molecule has 0 unspecified atom stereocenters. The van der Waals surface area contributed by atoms with E-state index in [-0.39, 0.29) is 5.97 Å². The first-order valence-corrected chi connectivity index (χ1v) is 6.30. The second kappa shape index (κ2) is 6.54. The van der Waals surface area contributed by atoms with Crippen LogP contribution in [0.4, 0.5) is 0 Å². The van der Waals surface area contributed by atoms with Gasteiger partial charge < -0.3 is 14.6 Å². The van der Waals surface area contributed by atoms with Gasteiger partial charge in [0.25, 0.3) is 0 Å². The van der Waals surface area contributed by atoms with E-state index in [0.717, 1.165) is 25.3 Å². The van der Waals surface area contributed by atoms with Gasteiger partial charge in [-0.05, 0) is 26.8 Å². The molecule has 1 rings (SSSR count). The van der Waals surface area contributed by atoms with E-state index >= 15 is 0 Å². The number of methoxy groups -OCH3 is 1. The summed E-state index contributed by atoms with van der Waals surface area (Å²) in [6.45, 7) is 8.14. The second-order valence-corrected chi connectivity index (χ2v) is 5.02. The number of rotatable bonds is 7. The predicted octanol–water partition coefficient (Wildman–Crippen LogP) is 1.58. The number of esters is 1. The van der Waals surface area contributed by atoms with Gasteiger partial charge >= 0.3 is 5.97 Å². The highest BCUT2D eigenvalue weighted by Crippen LogP contribution is 2.20. The molecule has 0 fully saturated rings. The van der Waals surface area contributed by atoms with Crippen molar-refractivity contribution in [3.63, 3.8) is 0 Å². The maximum atomic E-state index is 11.7. The first-order valence-electron chi connectivity index (χ1n) is 6.30. The van der Waals surface area contributed by atoms with Gasteiger partial charge in [-0.2, -0.15) is 0 Å². The first kappa shape index (κ1) is 14.7. The molecule has 5 nitrogen and oxygen atoms in total. The van der Waals surface area contributed by atoms with Crippen molar-refractivity contribution < 1.29 is 9.53 Å². The molecule has 102 valence electrons. The smallest absolute Gasteiger partial charge is 0.313 e. The Morgan fingerprint density at radius 2 is 2.28 bits per heavy atom. The molecule has 0 saturated heterocycles. The third kappa shape index (κ3) is 3.84. The molecule has 0 atom stereocenters. The number of imidazole rings is 1. The number of carbonyl (C=O) groups is 1. The van der Waals surface area contributed by atoms with Crippen molar-refractivity contribution in [2.45, 2.75) is 40.3 Å². The fraction of sp³-hybridized carbons (Fsp3) is 0.692. The molecule has 1 aromatic rings. The average Bonchev–Trinajstić information content (AvgIpc) is 2.75. The van der Waals surface area contributed by atoms with Gasteiger partial charge in [0.05, 0.1) is 19.1 Å². The highest BCUT2D eigenvalue weighted by Gasteiger charge is 2.29. The van der Waals surface area contributed by atoms with E-state index in [9.17, 15) is 4.79 Å². The van der Waals surface area contributed by atoms with Crippen molar-refractivity contribution in [1.82, 2.24) is 14.9 Å². The van der Waals surface area contributed by atoms with Crippen molar-refractivity contribution in [3.8, 4) is 0 Å². The van der Waals surface area contributed by atoms with Crippen LogP contribution in [0.5, 0.6) is 0 Å². The number of hydrogen-bond acceptors (Lipinski definition) is 4.